The molecule has 5 nitrogen and oxygen atoms in total. The van der Waals surface area contributed by atoms with Crippen LogP contribution in [-0.4, -0.2) is 38.8 Å². The Kier molecular flexibility index (Phi) is 5.17. The molecule has 1 aromatic rings. The van der Waals surface area contributed by atoms with Crippen molar-refractivity contribution < 1.29 is 9.90 Å². The Balaban J connectivity index is 1.87. The van der Waals surface area contributed by atoms with Gasteiger partial charge in [-0.25, -0.2) is 0 Å². The van der Waals surface area contributed by atoms with E-state index in [0.29, 0.717) is 6.04 Å². The van der Waals surface area contributed by atoms with Crippen molar-refractivity contribution in [1.82, 2.24) is 14.7 Å². The normalized spacial score (nSPS) is 17.8. The first-order chi connectivity index (χ1) is 9.63. The summed E-state index contributed by atoms with van der Waals surface area (Å²) in [5.74, 6) is -0.809. The molecule has 1 aliphatic rings. The third-order valence-electron chi connectivity index (χ3n) is 4.30. The van der Waals surface area contributed by atoms with Crippen LogP contribution in [0.2, 0.25) is 0 Å². The van der Waals surface area contributed by atoms with Gasteiger partial charge in [-0.15, -0.1) is 0 Å². The SMILES string of the molecule is CCC(CC)n1ccc(CN2CCC(C(=O)O)CC2)n1. The van der Waals surface area contributed by atoms with Crippen molar-refractivity contribution in [2.75, 3.05) is 13.1 Å². The minimum atomic E-state index is -0.650. The highest BCUT2D eigenvalue weighted by molar-refractivity contribution is 5.70. The molecule has 5 heteroatoms. The van der Waals surface area contributed by atoms with E-state index in [1.165, 1.54) is 0 Å². The summed E-state index contributed by atoms with van der Waals surface area (Å²) < 4.78 is 2.07. The Morgan fingerprint density at radius 2 is 2.05 bits per heavy atom. The smallest absolute Gasteiger partial charge is 0.306 e. The molecule has 1 saturated heterocycles. The lowest BCUT2D eigenvalue weighted by Gasteiger charge is -2.29. The number of hydrogen-bond donors (Lipinski definition) is 1. The summed E-state index contributed by atoms with van der Waals surface area (Å²) in [6.07, 6.45) is 5.77. The highest BCUT2D eigenvalue weighted by atomic mass is 16.4. The van der Waals surface area contributed by atoms with E-state index in [2.05, 4.69) is 40.8 Å². The number of carboxylic acids is 1. The van der Waals surface area contributed by atoms with Crippen LogP contribution in [0.3, 0.4) is 0 Å². The van der Waals surface area contributed by atoms with Crippen LogP contribution in [0.25, 0.3) is 0 Å². The maximum atomic E-state index is 10.9. The van der Waals surface area contributed by atoms with E-state index in [1.54, 1.807) is 0 Å². The molecule has 0 unspecified atom stereocenters. The first-order valence-electron chi connectivity index (χ1n) is 7.63. The molecule has 0 bridgehead atoms. The van der Waals surface area contributed by atoms with Gasteiger partial charge in [0.2, 0.25) is 0 Å². The number of nitrogens with zero attached hydrogens (tertiary/aromatic N) is 3. The zero-order chi connectivity index (χ0) is 14.5. The van der Waals surface area contributed by atoms with E-state index in [4.69, 9.17) is 5.11 Å². The van der Waals surface area contributed by atoms with Crippen LogP contribution in [0, 0.1) is 5.92 Å². The molecule has 2 rings (SSSR count). The van der Waals surface area contributed by atoms with E-state index in [-0.39, 0.29) is 5.92 Å². The van der Waals surface area contributed by atoms with Crippen LogP contribution in [0.15, 0.2) is 12.3 Å². The number of aromatic nitrogens is 2. The van der Waals surface area contributed by atoms with Gasteiger partial charge < -0.3 is 5.11 Å². The largest absolute Gasteiger partial charge is 0.481 e. The average Bonchev–Trinajstić information content (AvgIpc) is 2.89. The van der Waals surface area contributed by atoms with Crippen LogP contribution < -0.4 is 0 Å². The fourth-order valence-electron chi connectivity index (χ4n) is 2.90. The van der Waals surface area contributed by atoms with Gasteiger partial charge in [0.05, 0.1) is 17.7 Å². The number of likely N-dealkylation sites (tertiary alicyclic amines) is 1. The molecule has 1 aromatic heterocycles. The second kappa shape index (κ2) is 6.88. The molecule has 112 valence electrons. The monoisotopic (exact) mass is 279 g/mol. The summed E-state index contributed by atoms with van der Waals surface area (Å²) in [5.41, 5.74) is 1.09. The van der Waals surface area contributed by atoms with Gasteiger partial charge in [0, 0.05) is 12.7 Å². The quantitative estimate of drug-likeness (QED) is 0.869. The molecule has 20 heavy (non-hydrogen) atoms. The number of carboxylic acid groups (broad SMARTS) is 1. The first-order valence-corrected chi connectivity index (χ1v) is 7.63. The first kappa shape index (κ1) is 15.0. The number of carbonyl (C=O) groups is 1. The van der Waals surface area contributed by atoms with Crippen molar-refractivity contribution >= 4 is 5.97 Å². The van der Waals surface area contributed by atoms with Crippen LogP contribution in [0.1, 0.15) is 51.3 Å². The fraction of sp³-hybridized carbons (Fsp3) is 0.733. The highest BCUT2D eigenvalue weighted by Crippen LogP contribution is 2.20. The fourth-order valence-corrected chi connectivity index (χ4v) is 2.90. The van der Waals surface area contributed by atoms with Gasteiger partial charge in [-0.2, -0.15) is 5.10 Å². The summed E-state index contributed by atoms with van der Waals surface area (Å²) >= 11 is 0. The molecule has 1 fully saturated rings. The van der Waals surface area contributed by atoms with E-state index in [0.717, 1.165) is 51.0 Å². The third kappa shape index (κ3) is 3.60. The lowest BCUT2D eigenvalue weighted by molar-refractivity contribution is -0.143. The van der Waals surface area contributed by atoms with Gasteiger partial charge in [0.1, 0.15) is 0 Å². The van der Waals surface area contributed by atoms with Crippen LogP contribution in [0.4, 0.5) is 0 Å². The number of rotatable bonds is 6. The molecule has 0 radical (unpaired) electrons. The van der Waals surface area contributed by atoms with Crippen LogP contribution in [-0.2, 0) is 11.3 Å². The highest BCUT2D eigenvalue weighted by Gasteiger charge is 2.24. The molecule has 1 N–H and O–H groups in total. The molecule has 0 amide bonds. The molecular weight excluding hydrogens is 254 g/mol. The Bertz CT molecular complexity index is 432. The summed E-state index contributed by atoms with van der Waals surface area (Å²) in [4.78, 5) is 13.2. The molecule has 0 aliphatic carbocycles. The molecule has 0 spiro atoms. The van der Waals surface area contributed by atoms with Crippen molar-refractivity contribution in [3.05, 3.63) is 18.0 Å². The summed E-state index contributed by atoms with van der Waals surface area (Å²) in [6, 6.07) is 2.57. The molecule has 0 saturated carbocycles. The van der Waals surface area contributed by atoms with Crippen molar-refractivity contribution in [3.63, 3.8) is 0 Å². The van der Waals surface area contributed by atoms with Gasteiger partial charge in [-0.05, 0) is 44.8 Å². The second-order valence-corrected chi connectivity index (χ2v) is 5.65. The van der Waals surface area contributed by atoms with E-state index >= 15 is 0 Å². The molecule has 2 heterocycles. The van der Waals surface area contributed by atoms with Crippen molar-refractivity contribution in [2.24, 2.45) is 5.92 Å². The predicted octanol–water partition coefficient (Wildman–Crippen LogP) is 2.54. The minimum Gasteiger partial charge on any atom is -0.481 e. The van der Waals surface area contributed by atoms with E-state index in [1.807, 2.05) is 0 Å². The maximum absolute atomic E-state index is 10.9. The topological polar surface area (TPSA) is 58.4 Å². The van der Waals surface area contributed by atoms with Crippen LogP contribution >= 0.6 is 0 Å². The lowest BCUT2D eigenvalue weighted by atomic mass is 9.97. The zero-order valence-electron chi connectivity index (χ0n) is 12.5. The molecular formula is C15H25N3O2. The molecule has 0 aromatic carbocycles. The summed E-state index contributed by atoms with van der Waals surface area (Å²) in [5, 5.41) is 13.7. The standard InChI is InChI=1S/C15H25N3O2/c1-3-14(4-2)18-10-7-13(16-18)11-17-8-5-12(6-9-17)15(19)20/h7,10,12,14H,3-6,8-9,11H2,1-2H3,(H,19,20). The molecule has 0 atom stereocenters. The van der Waals surface area contributed by atoms with Crippen molar-refractivity contribution in [3.8, 4) is 0 Å². The Morgan fingerprint density at radius 3 is 2.60 bits per heavy atom. The number of piperidine rings is 1. The maximum Gasteiger partial charge on any atom is 0.306 e. The predicted molar refractivity (Wildman–Crippen MR) is 77.5 cm³/mol. The van der Waals surface area contributed by atoms with Crippen LogP contribution in [0.5, 0.6) is 0 Å². The van der Waals surface area contributed by atoms with E-state index < -0.39 is 5.97 Å². The summed E-state index contributed by atoms with van der Waals surface area (Å²) in [7, 11) is 0. The Hall–Kier alpha value is -1.36. The van der Waals surface area contributed by atoms with Gasteiger partial charge in [-0.1, -0.05) is 13.8 Å². The van der Waals surface area contributed by atoms with Crippen molar-refractivity contribution in [1.29, 1.82) is 0 Å². The van der Waals surface area contributed by atoms with E-state index in [9.17, 15) is 4.79 Å². The zero-order valence-corrected chi connectivity index (χ0v) is 12.5. The van der Waals surface area contributed by atoms with Crippen molar-refractivity contribution in [2.45, 2.75) is 52.1 Å². The van der Waals surface area contributed by atoms with Gasteiger partial charge in [0.25, 0.3) is 0 Å². The Labute approximate surface area is 120 Å². The summed E-state index contributed by atoms with van der Waals surface area (Å²) in [6.45, 7) is 6.92. The minimum absolute atomic E-state index is 0.159. The Morgan fingerprint density at radius 1 is 1.40 bits per heavy atom. The second-order valence-electron chi connectivity index (χ2n) is 5.65. The van der Waals surface area contributed by atoms with Gasteiger partial charge in [0.15, 0.2) is 0 Å². The average molecular weight is 279 g/mol. The number of hydrogen-bond acceptors (Lipinski definition) is 3. The lowest BCUT2D eigenvalue weighted by Crippen LogP contribution is -2.35. The third-order valence-corrected chi connectivity index (χ3v) is 4.30. The number of aliphatic carboxylic acids is 1. The molecule has 1 aliphatic heterocycles. The van der Waals surface area contributed by atoms with Gasteiger partial charge >= 0.3 is 5.97 Å². The van der Waals surface area contributed by atoms with Gasteiger partial charge in [-0.3, -0.25) is 14.4 Å².